The van der Waals surface area contributed by atoms with Crippen LogP contribution in [0.3, 0.4) is 0 Å². The van der Waals surface area contributed by atoms with Crippen LogP contribution in [0.15, 0.2) is 82.1 Å². The Hall–Kier alpha value is -3.25. The molecule has 4 aromatic rings. The predicted octanol–water partition coefficient (Wildman–Crippen LogP) is 5.45. The summed E-state index contributed by atoms with van der Waals surface area (Å²) in [4.78, 5) is 4.94. The molecule has 0 aliphatic rings. The zero-order valence-corrected chi connectivity index (χ0v) is 17.4. The Morgan fingerprint density at radius 2 is 1.67 bits per heavy atom. The van der Waals surface area contributed by atoms with E-state index in [0.717, 1.165) is 16.7 Å². The van der Waals surface area contributed by atoms with Crippen LogP contribution in [0.1, 0.15) is 17.0 Å². The Kier molecular flexibility index (Phi) is 5.26. The number of rotatable bonds is 5. The maximum absolute atomic E-state index is 13.6. The van der Waals surface area contributed by atoms with Gasteiger partial charge in [-0.3, -0.25) is 0 Å². The minimum atomic E-state index is -3.30. The molecule has 0 radical (unpaired) electrons. The second kappa shape index (κ2) is 7.88. The molecule has 0 N–H and O–H groups in total. The summed E-state index contributed by atoms with van der Waals surface area (Å²) in [5.41, 5.74) is 3.86. The summed E-state index contributed by atoms with van der Waals surface area (Å²) in [6.07, 6.45) is 1.68. The topological polar surface area (TPSA) is 60.2 Å². The van der Waals surface area contributed by atoms with Gasteiger partial charge >= 0.3 is 0 Å². The first kappa shape index (κ1) is 20.0. The van der Waals surface area contributed by atoms with E-state index in [1.165, 1.54) is 18.4 Å². The van der Waals surface area contributed by atoms with Crippen LogP contribution < -0.4 is 0 Å². The van der Waals surface area contributed by atoms with Crippen LogP contribution in [0.2, 0.25) is 0 Å². The van der Waals surface area contributed by atoms with Crippen molar-refractivity contribution in [3.8, 4) is 22.6 Å². The smallest absolute Gasteiger partial charge is 0.199 e. The van der Waals surface area contributed by atoms with E-state index >= 15 is 0 Å². The van der Waals surface area contributed by atoms with Gasteiger partial charge < -0.3 is 4.42 Å². The molecule has 3 aromatic carbocycles. The molecule has 30 heavy (non-hydrogen) atoms. The molecule has 4 rings (SSSR count). The average molecular weight is 421 g/mol. The fourth-order valence-electron chi connectivity index (χ4n) is 3.34. The minimum Gasteiger partial charge on any atom is -0.440 e. The van der Waals surface area contributed by atoms with Crippen molar-refractivity contribution in [2.75, 3.05) is 6.26 Å². The molecule has 0 fully saturated rings. The van der Waals surface area contributed by atoms with Crippen LogP contribution in [-0.4, -0.2) is 19.7 Å². The Morgan fingerprint density at radius 3 is 2.30 bits per heavy atom. The van der Waals surface area contributed by atoms with E-state index in [4.69, 9.17) is 9.40 Å². The number of oxazole rings is 1. The first-order valence-electron chi connectivity index (χ1n) is 9.42. The molecule has 0 amide bonds. The van der Waals surface area contributed by atoms with E-state index in [9.17, 15) is 12.8 Å². The average Bonchev–Trinajstić information content (AvgIpc) is 3.11. The number of aryl methyl sites for hydroxylation is 1. The molecular formula is C24H20FNO3S. The lowest BCUT2D eigenvalue weighted by molar-refractivity contribution is 0.519. The Morgan fingerprint density at radius 1 is 0.967 bits per heavy atom. The second-order valence-corrected chi connectivity index (χ2v) is 9.22. The number of halogens is 1. The molecule has 0 saturated heterocycles. The lowest BCUT2D eigenvalue weighted by Crippen LogP contribution is -1.96. The lowest BCUT2D eigenvalue weighted by Gasteiger charge is -2.06. The van der Waals surface area contributed by atoms with E-state index in [1.807, 2.05) is 37.3 Å². The summed E-state index contributed by atoms with van der Waals surface area (Å²) in [7, 11) is -3.30. The van der Waals surface area contributed by atoms with Gasteiger partial charge in [0.15, 0.2) is 21.5 Å². The maximum Gasteiger partial charge on any atom is 0.199 e. The van der Waals surface area contributed by atoms with Crippen molar-refractivity contribution >= 4 is 9.84 Å². The number of nitrogens with zero attached hydrogens (tertiary/aromatic N) is 1. The predicted molar refractivity (Wildman–Crippen MR) is 114 cm³/mol. The Balaban J connectivity index is 1.83. The molecule has 6 heteroatoms. The van der Waals surface area contributed by atoms with Crippen LogP contribution in [0, 0.1) is 12.7 Å². The highest BCUT2D eigenvalue weighted by Crippen LogP contribution is 2.35. The standard InChI is InChI=1S/C24H20FNO3S/c1-16-14-19(25)10-13-21(16)23-24(18-8-11-20(12-9-18)30(2,27)28)29-22(26-23)15-17-6-4-3-5-7-17/h3-14H,15H2,1-2H3. The molecule has 0 aliphatic heterocycles. The number of hydrogen-bond donors (Lipinski definition) is 0. The molecular weight excluding hydrogens is 401 g/mol. The van der Waals surface area contributed by atoms with Crippen molar-refractivity contribution in [2.45, 2.75) is 18.2 Å². The largest absolute Gasteiger partial charge is 0.440 e. The summed E-state index contributed by atoms with van der Waals surface area (Å²) in [5.74, 6) is 0.737. The van der Waals surface area contributed by atoms with Gasteiger partial charge in [0.05, 0.1) is 4.90 Å². The van der Waals surface area contributed by atoms with Gasteiger partial charge in [-0.2, -0.15) is 0 Å². The molecule has 0 spiro atoms. The van der Waals surface area contributed by atoms with Crippen molar-refractivity contribution in [3.63, 3.8) is 0 Å². The highest BCUT2D eigenvalue weighted by molar-refractivity contribution is 7.90. The highest BCUT2D eigenvalue weighted by Gasteiger charge is 2.19. The SMILES string of the molecule is Cc1cc(F)ccc1-c1nc(Cc2ccccc2)oc1-c1ccc(S(C)(=O)=O)cc1. The van der Waals surface area contributed by atoms with E-state index in [1.54, 1.807) is 30.3 Å². The van der Waals surface area contributed by atoms with Gasteiger partial charge in [0.1, 0.15) is 11.5 Å². The van der Waals surface area contributed by atoms with Gasteiger partial charge in [-0.15, -0.1) is 0 Å². The molecule has 0 aliphatic carbocycles. The third-order valence-electron chi connectivity index (χ3n) is 4.86. The van der Waals surface area contributed by atoms with Crippen LogP contribution in [-0.2, 0) is 16.3 Å². The first-order chi connectivity index (χ1) is 14.3. The highest BCUT2D eigenvalue weighted by atomic mass is 32.2. The fraction of sp³-hybridized carbons (Fsp3) is 0.125. The fourth-order valence-corrected chi connectivity index (χ4v) is 3.97. The van der Waals surface area contributed by atoms with Gasteiger partial charge in [-0.05, 0) is 60.5 Å². The summed E-state index contributed by atoms with van der Waals surface area (Å²) in [6, 6.07) is 20.9. The molecule has 0 saturated carbocycles. The van der Waals surface area contributed by atoms with E-state index in [2.05, 4.69) is 0 Å². The van der Waals surface area contributed by atoms with Crippen molar-refractivity contribution in [1.82, 2.24) is 4.98 Å². The number of aromatic nitrogens is 1. The van der Waals surface area contributed by atoms with E-state index < -0.39 is 9.84 Å². The summed E-state index contributed by atoms with van der Waals surface area (Å²) in [6.45, 7) is 1.82. The molecule has 4 nitrogen and oxygen atoms in total. The molecule has 1 heterocycles. The van der Waals surface area contributed by atoms with Crippen molar-refractivity contribution in [2.24, 2.45) is 0 Å². The lowest BCUT2D eigenvalue weighted by atomic mass is 10.0. The van der Waals surface area contributed by atoms with Crippen LogP contribution in [0.25, 0.3) is 22.6 Å². The second-order valence-electron chi connectivity index (χ2n) is 7.20. The first-order valence-corrected chi connectivity index (χ1v) is 11.3. The number of benzene rings is 3. The summed E-state index contributed by atoms with van der Waals surface area (Å²) in [5, 5.41) is 0. The van der Waals surface area contributed by atoms with Gasteiger partial charge in [0.25, 0.3) is 0 Å². The van der Waals surface area contributed by atoms with Crippen LogP contribution >= 0.6 is 0 Å². The van der Waals surface area contributed by atoms with E-state index in [0.29, 0.717) is 29.3 Å². The third-order valence-corrected chi connectivity index (χ3v) is 5.99. The minimum absolute atomic E-state index is 0.231. The van der Waals surface area contributed by atoms with Crippen molar-refractivity contribution < 1.29 is 17.2 Å². The Bertz CT molecular complexity index is 1290. The van der Waals surface area contributed by atoms with Gasteiger partial charge in [0, 0.05) is 23.8 Å². The third kappa shape index (κ3) is 4.19. The summed E-state index contributed by atoms with van der Waals surface area (Å²) >= 11 is 0. The molecule has 0 unspecified atom stereocenters. The molecule has 152 valence electrons. The van der Waals surface area contributed by atoms with Gasteiger partial charge in [-0.25, -0.2) is 17.8 Å². The van der Waals surface area contributed by atoms with Crippen molar-refractivity contribution in [3.05, 3.63) is 95.6 Å². The number of hydrogen-bond acceptors (Lipinski definition) is 4. The monoisotopic (exact) mass is 421 g/mol. The molecule has 0 bridgehead atoms. The van der Waals surface area contributed by atoms with Crippen LogP contribution in [0.5, 0.6) is 0 Å². The molecule has 1 aromatic heterocycles. The molecule has 0 atom stereocenters. The quantitative estimate of drug-likeness (QED) is 0.430. The number of sulfone groups is 1. The maximum atomic E-state index is 13.6. The van der Waals surface area contributed by atoms with Crippen LogP contribution in [0.4, 0.5) is 4.39 Å². The zero-order chi connectivity index (χ0) is 21.3. The van der Waals surface area contributed by atoms with Gasteiger partial charge in [-0.1, -0.05) is 30.3 Å². The van der Waals surface area contributed by atoms with E-state index in [-0.39, 0.29) is 10.7 Å². The summed E-state index contributed by atoms with van der Waals surface area (Å²) < 4.78 is 43.3. The Labute approximate surface area is 175 Å². The zero-order valence-electron chi connectivity index (χ0n) is 16.6. The van der Waals surface area contributed by atoms with Crippen molar-refractivity contribution in [1.29, 1.82) is 0 Å². The van der Waals surface area contributed by atoms with Gasteiger partial charge in [0.2, 0.25) is 0 Å². The normalized spacial score (nSPS) is 11.6.